The summed E-state index contributed by atoms with van der Waals surface area (Å²) >= 11 is 0. The highest BCUT2D eigenvalue weighted by Crippen LogP contribution is 2.34. The second-order valence-corrected chi connectivity index (χ2v) is 5.82. The molecule has 1 spiro atoms. The van der Waals surface area contributed by atoms with Gasteiger partial charge in [0.15, 0.2) is 0 Å². The van der Waals surface area contributed by atoms with Gasteiger partial charge in [-0.3, -0.25) is 9.59 Å². The summed E-state index contributed by atoms with van der Waals surface area (Å²) in [7, 11) is 0. The first-order valence-corrected chi connectivity index (χ1v) is 7.28. The largest absolute Gasteiger partial charge is 0.467 e. The highest BCUT2D eigenvalue weighted by molar-refractivity contribution is 5.98. The number of carbonyl (C=O) groups is 2. The fourth-order valence-electron chi connectivity index (χ4n) is 3.35. The topological polar surface area (TPSA) is 62.6 Å². The lowest BCUT2D eigenvalue weighted by molar-refractivity contribution is -0.154. The molecule has 1 saturated carbocycles. The van der Waals surface area contributed by atoms with Crippen LogP contribution in [-0.2, 0) is 9.59 Å². The molecule has 2 heterocycles. The molecule has 20 heavy (non-hydrogen) atoms. The Morgan fingerprint density at radius 3 is 2.70 bits per heavy atom. The predicted molar refractivity (Wildman–Crippen MR) is 72.8 cm³/mol. The smallest absolute Gasteiger partial charge is 0.249 e. The van der Waals surface area contributed by atoms with E-state index in [4.69, 9.17) is 4.42 Å². The fourth-order valence-corrected chi connectivity index (χ4v) is 3.35. The normalized spacial score (nSPS) is 23.8. The molecule has 1 atom stereocenters. The first-order chi connectivity index (χ1) is 9.62. The molecule has 1 unspecified atom stereocenters. The van der Waals surface area contributed by atoms with E-state index in [1.54, 1.807) is 17.2 Å². The standard InChI is InChI=1S/C15H20N2O3/c1-11(12-6-5-9-20-12)17-10-13(18)16-15(14(17)19)7-3-2-4-8-15/h5-6,9,11H,2-4,7-8,10H2,1H3,(H,16,18). The van der Waals surface area contributed by atoms with Crippen molar-refractivity contribution in [3.05, 3.63) is 24.2 Å². The van der Waals surface area contributed by atoms with Crippen LogP contribution in [0.5, 0.6) is 0 Å². The number of piperazine rings is 1. The third-order valence-corrected chi connectivity index (χ3v) is 4.49. The van der Waals surface area contributed by atoms with Gasteiger partial charge in [0.2, 0.25) is 11.8 Å². The number of hydrogen-bond acceptors (Lipinski definition) is 3. The molecule has 2 amide bonds. The molecule has 3 rings (SSSR count). The van der Waals surface area contributed by atoms with E-state index >= 15 is 0 Å². The van der Waals surface area contributed by atoms with Gasteiger partial charge < -0.3 is 14.6 Å². The van der Waals surface area contributed by atoms with Gasteiger partial charge in [-0.2, -0.15) is 0 Å². The summed E-state index contributed by atoms with van der Waals surface area (Å²) in [5.74, 6) is 0.699. The van der Waals surface area contributed by atoms with Crippen molar-refractivity contribution in [1.29, 1.82) is 0 Å². The monoisotopic (exact) mass is 276 g/mol. The summed E-state index contributed by atoms with van der Waals surface area (Å²) < 4.78 is 5.38. The fraction of sp³-hybridized carbons (Fsp3) is 0.600. The van der Waals surface area contributed by atoms with Crippen LogP contribution >= 0.6 is 0 Å². The molecule has 1 aliphatic heterocycles. The first kappa shape index (κ1) is 13.2. The molecular weight excluding hydrogens is 256 g/mol. The Hall–Kier alpha value is -1.78. The van der Waals surface area contributed by atoms with Crippen LogP contribution in [0.15, 0.2) is 22.8 Å². The van der Waals surface area contributed by atoms with Crippen LogP contribution in [-0.4, -0.2) is 28.8 Å². The summed E-state index contributed by atoms with van der Waals surface area (Å²) in [6.07, 6.45) is 6.22. The van der Waals surface area contributed by atoms with Gasteiger partial charge in [0.05, 0.1) is 12.3 Å². The number of carbonyl (C=O) groups excluding carboxylic acids is 2. The molecular formula is C15H20N2O3. The quantitative estimate of drug-likeness (QED) is 0.898. The summed E-state index contributed by atoms with van der Waals surface area (Å²) in [6.45, 7) is 2.02. The van der Waals surface area contributed by atoms with Crippen LogP contribution in [0.25, 0.3) is 0 Å². The van der Waals surface area contributed by atoms with Crippen molar-refractivity contribution >= 4 is 11.8 Å². The highest BCUT2D eigenvalue weighted by atomic mass is 16.3. The van der Waals surface area contributed by atoms with Gasteiger partial charge in [0.1, 0.15) is 17.8 Å². The molecule has 1 aromatic rings. The van der Waals surface area contributed by atoms with E-state index in [9.17, 15) is 9.59 Å². The van der Waals surface area contributed by atoms with E-state index in [-0.39, 0.29) is 24.4 Å². The Balaban J connectivity index is 1.87. The molecule has 1 saturated heterocycles. The van der Waals surface area contributed by atoms with Crippen LogP contribution in [0.1, 0.15) is 50.8 Å². The molecule has 0 aromatic carbocycles. The molecule has 108 valence electrons. The predicted octanol–water partition coefficient (Wildman–Crippen LogP) is 2.00. The van der Waals surface area contributed by atoms with Crippen molar-refractivity contribution in [2.45, 2.75) is 50.6 Å². The number of rotatable bonds is 2. The van der Waals surface area contributed by atoms with Crippen LogP contribution < -0.4 is 5.32 Å². The summed E-state index contributed by atoms with van der Waals surface area (Å²) in [5.41, 5.74) is -0.672. The molecule has 0 radical (unpaired) electrons. The maximum absolute atomic E-state index is 12.9. The van der Waals surface area contributed by atoms with Crippen LogP contribution in [0.3, 0.4) is 0 Å². The Bertz CT molecular complexity index is 503. The molecule has 5 nitrogen and oxygen atoms in total. The van der Waals surface area contributed by atoms with Crippen molar-refractivity contribution in [3.8, 4) is 0 Å². The summed E-state index contributed by atoms with van der Waals surface area (Å²) in [6, 6.07) is 3.44. The van der Waals surface area contributed by atoms with Crippen molar-refractivity contribution in [2.24, 2.45) is 0 Å². The minimum Gasteiger partial charge on any atom is -0.467 e. The molecule has 0 bridgehead atoms. The average molecular weight is 276 g/mol. The number of hydrogen-bond donors (Lipinski definition) is 1. The van der Waals surface area contributed by atoms with E-state index in [1.165, 1.54) is 0 Å². The zero-order chi connectivity index (χ0) is 14.2. The van der Waals surface area contributed by atoms with Crippen molar-refractivity contribution in [3.63, 3.8) is 0 Å². The Morgan fingerprint density at radius 1 is 1.30 bits per heavy atom. The first-order valence-electron chi connectivity index (χ1n) is 7.28. The van der Waals surface area contributed by atoms with E-state index in [1.807, 2.05) is 13.0 Å². The minimum atomic E-state index is -0.672. The minimum absolute atomic E-state index is 0.0423. The Kier molecular flexibility index (Phi) is 3.28. The van der Waals surface area contributed by atoms with Gasteiger partial charge in [-0.15, -0.1) is 0 Å². The lowest BCUT2D eigenvalue weighted by Gasteiger charge is -2.45. The number of nitrogens with one attached hydrogen (secondary N) is 1. The average Bonchev–Trinajstić information content (AvgIpc) is 2.97. The third kappa shape index (κ3) is 2.11. The van der Waals surface area contributed by atoms with Crippen molar-refractivity contribution in [2.75, 3.05) is 6.54 Å². The molecule has 1 aliphatic carbocycles. The van der Waals surface area contributed by atoms with Gasteiger partial charge in [-0.1, -0.05) is 19.3 Å². The van der Waals surface area contributed by atoms with Crippen molar-refractivity contribution in [1.82, 2.24) is 10.2 Å². The van der Waals surface area contributed by atoms with Gasteiger partial charge in [-0.25, -0.2) is 0 Å². The van der Waals surface area contributed by atoms with Crippen LogP contribution in [0.4, 0.5) is 0 Å². The lowest BCUT2D eigenvalue weighted by Crippen LogP contribution is -2.67. The number of furan rings is 1. The summed E-state index contributed by atoms with van der Waals surface area (Å²) in [4.78, 5) is 26.5. The summed E-state index contributed by atoms with van der Waals surface area (Å²) in [5, 5.41) is 2.95. The van der Waals surface area contributed by atoms with Gasteiger partial charge in [-0.05, 0) is 31.9 Å². The second kappa shape index (κ2) is 4.96. The second-order valence-electron chi connectivity index (χ2n) is 5.82. The molecule has 2 aliphatic rings. The lowest BCUT2D eigenvalue weighted by atomic mass is 9.79. The van der Waals surface area contributed by atoms with Crippen LogP contribution in [0.2, 0.25) is 0 Å². The number of amides is 2. The van der Waals surface area contributed by atoms with E-state index in [0.717, 1.165) is 37.9 Å². The van der Waals surface area contributed by atoms with Crippen molar-refractivity contribution < 1.29 is 14.0 Å². The van der Waals surface area contributed by atoms with Gasteiger partial charge >= 0.3 is 0 Å². The number of nitrogens with zero attached hydrogens (tertiary/aromatic N) is 1. The molecule has 1 aromatic heterocycles. The maximum Gasteiger partial charge on any atom is 0.249 e. The van der Waals surface area contributed by atoms with Crippen LogP contribution in [0, 0.1) is 0 Å². The van der Waals surface area contributed by atoms with Gasteiger partial charge in [0, 0.05) is 0 Å². The molecule has 1 N–H and O–H groups in total. The van der Waals surface area contributed by atoms with E-state index in [2.05, 4.69) is 5.32 Å². The Morgan fingerprint density at radius 2 is 2.05 bits per heavy atom. The highest BCUT2D eigenvalue weighted by Gasteiger charge is 2.48. The molecule has 2 fully saturated rings. The molecule has 5 heteroatoms. The zero-order valence-electron chi connectivity index (χ0n) is 11.7. The van der Waals surface area contributed by atoms with Gasteiger partial charge in [0.25, 0.3) is 0 Å². The zero-order valence-corrected chi connectivity index (χ0v) is 11.7. The van der Waals surface area contributed by atoms with E-state index < -0.39 is 5.54 Å². The third-order valence-electron chi connectivity index (χ3n) is 4.49. The van der Waals surface area contributed by atoms with E-state index in [0.29, 0.717) is 0 Å². The maximum atomic E-state index is 12.9. The SMILES string of the molecule is CC(c1ccco1)N1CC(=O)NC2(CCCCC2)C1=O. The Labute approximate surface area is 118 Å².